The van der Waals surface area contributed by atoms with Crippen molar-refractivity contribution in [2.24, 2.45) is 0 Å². The lowest BCUT2D eigenvalue weighted by molar-refractivity contribution is 0.0796. The van der Waals surface area contributed by atoms with Crippen LogP contribution in [0.2, 0.25) is 5.02 Å². The summed E-state index contributed by atoms with van der Waals surface area (Å²) in [5.41, 5.74) is 3.17. The summed E-state index contributed by atoms with van der Waals surface area (Å²) >= 11 is 7.91. The van der Waals surface area contributed by atoms with Gasteiger partial charge in [0, 0.05) is 22.9 Å². The average molecular weight is 370 g/mol. The number of aromatic nitrogens is 2. The smallest absolute Gasteiger partial charge is 0.275 e. The van der Waals surface area contributed by atoms with Crippen LogP contribution in [0.1, 0.15) is 10.5 Å². The van der Waals surface area contributed by atoms with Crippen LogP contribution in [0, 0.1) is 0 Å². The molecule has 1 amide bonds. The lowest BCUT2D eigenvalue weighted by Crippen LogP contribution is -2.28. The van der Waals surface area contributed by atoms with Gasteiger partial charge in [-0.2, -0.15) is 5.10 Å². The molecule has 126 valence electrons. The van der Waals surface area contributed by atoms with Crippen LogP contribution in [0.25, 0.3) is 16.9 Å². The van der Waals surface area contributed by atoms with E-state index in [9.17, 15) is 4.79 Å². The summed E-state index contributed by atoms with van der Waals surface area (Å²) in [6, 6.07) is 19.3. The molecule has 1 aliphatic rings. The first-order valence-corrected chi connectivity index (χ1v) is 9.54. The third-order valence-corrected chi connectivity index (χ3v) is 5.29. The Morgan fingerprint density at radius 3 is 2.64 bits per heavy atom. The van der Waals surface area contributed by atoms with Crippen LogP contribution in [0.3, 0.4) is 0 Å². The van der Waals surface area contributed by atoms with Crippen molar-refractivity contribution in [1.29, 1.82) is 0 Å². The minimum absolute atomic E-state index is 0.0250. The number of thioether (sulfide) groups is 1. The second-order valence-electron chi connectivity index (χ2n) is 5.78. The molecule has 4 nitrogen and oxygen atoms in total. The van der Waals surface area contributed by atoms with Crippen LogP contribution in [0.5, 0.6) is 0 Å². The van der Waals surface area contributed by atoms with Gasteiger partial charge in [0.05, 0.1) is 17.3 Å². The Morgan fingerprint density at radius 2 is 1.92 bits per heavy atom. The average Bonchev–Trinajstić information content (AvgIpc) is 3.32. The highest BCUT2D eigenvalue weighted by atomic mass is 35.5. The molecule has 1 fully saturated rings. The zero-order valence-electron chi connectivity index (χ0n) is 13.4. The first-order valence-electron chi connectivity index (χ1n) is 8.01. The van der Waals surface area contributed by atoms with Gasteiger partial charge in [0.2, 0.25) is 0 Å². The largest absolute Gasteiger partial charge is 0.327 e. The normalized spacial score (nSPS) is 14.0. The van der Waals surface area contributed by atoms with Gasteiger partial charge in [0.25, 0.3) is 5.91 Å². The number of hydrogen-bond donors (Lipinski definition) is 0. The van der Waals surface area contributed by atoms with Crippen molar-refractivity contribution >= 4 is 29.3 Å². The maximum Gasteiger partial charge on any atom is 0.275 e. The van der Waals surface area contributed by atoms with Crippen molar-refractivity contribution in [2.75, 3.05) is 18.2 Å². The van der Waals surface area contributed by atoms with Gasteiger partial charge >= 0.3 is 0 Å². The minimum Gasteiger partial charge on any atom is -0.327 e. The molecule has 0 bridgehead atoms. The van der Waals surface area contributed by atoms with Crippen LogP contribution in [-0.2, 0) is 0 Å². The Hall–Kier alpha value is -2.24. The van der Waals surface area contributed by atoms with Crippen LogP contribution in [-0.4, -0.2) is 38.8 Å². The van der Waals surface area contributed by atoms with E-state index in [1.807, 2.05) is 65.6 Å². The predicted octanol–water partition coefficient (Wildman–Crippen LogP) is 4.34. The zero-order valence-corrected chi connectivity index (χ0v) is 15.0. The second kappa shape index (κ2) is 6.94. The highest BCUT2D eigenvalue weighted by molar-refractivity contribution is 7.99. The van der Waals surface area contributed by atoms with Gasteiger partial charge in [-0.05, 0) is 24.3 Å². The van der Waals surface area contributed by atoms with Crippen molar-refractivity contribution in [3.8, 4) is 16.9 Å². The molecule has 0 aliphatic carbocycles. The molecule has 0 N–H and O–H groups in total. The summed E-state index contributed by atoms with van der Waals surface area (Å²) in [5.74, 6) is 1.68. The van der Waals surface area contributed by atoms with E-state index in [0.29, 0.717) is 10.7 Å². The van der Waals surface area contributed by atoms with Gasteiger partial charge in [-0.15, -0.1) is 11.8 Å². The standard InChI is InChI=1S/C19H16ClN3OS/c20-15-7-4-8-16(11-15)23-18(14-5-2-1-3-6-14)12-17(21-23)19(24)22-9-10-25-13-22/h1-8,11-12H,9-10,13H2. The molecule has 25 heavy (non-hydrogen) atoms. The van der Waals surface area contributed by atoms with Crippen LogP contribution in [0.4, 0.5) is 0 Å². The molecule has 0 radical (unpaired) electrons. The number of rotatable bonds is 3. The number of benzene rings is 2. The van der Waals surface area contributed by atoms with E-state index in [-0.39, 0.29) is 5.91 Å². The van der Waals surface area contributed by atoms with Crippen molar-refractivity contribution in [3.05, 3.63) is 71.4 Å². The Balaban J connectivity index is 1.82. The molecule has 3 aromatic rings. The van der Waals surface area contributed by atoms with Crippen molar-refractivity contribution in [2.45, 2.75) is 0 Å². The van der Waals surface area contributed by atoms with Crippen LogP contribution >= 0.6 is 23.4 Å². The number of hydrogen-bond acceptors (Lipinski definition) is 3. The van der Waals surface area contributed by atoms with E-state index in [1.165, 1.54) is 0 Å². The molecule has 2 heterocycles. The fraction of sp³-hybridized carbons (Fsp3) is 0.158. The second-order valence-corrected chi connectivity index (χ2v) is 7.29. The van der Waals surface area contributed by atoms with Gasteiger partial charge in [-0.1, -0.05) is 48.0 Å². The maximum atomic E-state index is 12.8. The highest BCUT2D eigenvalue weighted by Crippen LogP contribution is 2.26. The Kier molecular flexibility index (Phi) is 4.51. The van der Waals surface area contributed by atoms with Gasteiger partial charge in [0.1, 0.15) is 0 Å². The van der Waals surface area contributed by atoms with Gasteiger partial charge in [0.15, 0.2) is 5.69 Å². The molecule has 0 atom stereocenters. The lowest BCUT2D eigenvalue weighted by Gasteiger charge is -2.11. The Bertz CT molecular complexity index is 904. The van der Waals surface area contributed by atoms with Crippen LogP contribution < -0.4 is 0 Å². The van der Waals surface area contributed by atoms with E-state index < -0.39 is 0 Å². The van der Waals surface area contributed by atoms with Gasteiger partial charge in [-0.3, -0.25) is 4.79 Å². The van der Waals surface area contributed by atoms with Gasteiger partial charge < -0.3 is 4.90 Å². The summed E-state index contributed by atoms with van der Waals surface area (Å²) in [7, 11) is 0. The molecule has 4 rings (SSSR count). The number of carbonyl (C=O) groups excluding carboxylic acids is 1. The maximum absolute atomic E-state index is 12.8. The molecule has 0 unspecified atom stereocenters. The highest BCUT2D eigenvalue weighted by Gasteiger charge is 2.24. The number of amides is 1. The number of carbonyl (C=O) groups is 1. The van der Waals surface area contributed by atoms with E-state index >= 15 is 0 Å². The summed E-state index contributed by atoms with van der Waals surface area (Å²) in [6.07, 6.45) is 0. The lowest BCUT2D eigenvalue weighted by atomic mass is 10.1. The fourth-order valence-corrected chi connectivity index (χ4v) is 3.97. The first kappa shape index (κ1) is 16.2. The van der Waals surface area contributed by atoms with E-state index in [4.69, 9.17) is 11.6 Å². The quantitative estimate of drug-likeness (QED) is 0.689. The minimum atomic E-state index is -0.0250. The molecule has 1 aliphatic heterocycles. The fourth-order valence-electron chi connectivity index (χ4n) is 2.84. The molecule has 1 saturated heterocycles. The van der Waals surface area contributed by atoms with E-state index in [0.717, 1.165) is 35.1 Å². The van der Waals surface area contributed by atoms with Crippen molar-refractivity contribution in [3.63, 3.8) is 0 Å². The molecule has 2 aromatic carbocycles. The van der Waals surface area contributed by atoms with E-state index in [1.54, 1.807) is 16.4 Å². The third-order valence-electron chi connectivity index (χ3n) is 4.09. The molecule has 0 saturated carbocycles. The van der Waals surface area contributed by atoms with Gasteiger partial charge in [-0.25, -0.2) is 4.68 Å². The van der Waals surface area contributed by atoms with Crippen molar-refractivity contribution < 1.29 is 4.79 Å². The Labute approximate surface area is 155 Å². The Morgan fingerprint density at radius 1 is 1.08 bits per heavy atom. The molecular weight excluding hydrogens is 354 g/mol. The molecule has 0 spiro atoms. The van der Waals surface area contributed by atoms with Crippen LogP contribution in [0.15, 0.2) is 60.7 Å². The topological polar surface area (TPSA) is 38.1 Å². The molecular formula is C19H16ClN3OS. The zero-order chi connectivity index (χ0) is 17.2. The summed E-state index contributed by atoms with van der Waals surface area (Å²) in [5, 5.41) is 5.24. The number of halogens is 1. The number of nitrogens with zero attached hydrogens (tertiary/aromatic N) is 3. The predicted molar refractivity (Wildman–Crippen MR) is 102 cm³/mol. The molecule has 6 heteroatoms. The summed E-state index contributed by atoms with van der Waals surface area (Å²) in [6.45, 7) is 0.772. The molecule has 1 aromatic heterocycles. The third kappa shape index (κ3) is 3.30. The van der Waals surface area contributed by atoms with Crippen molar-refractivity contribution in [1.82, 2.24) is 14.7 Å². The monoisotopic (exact) mass is 369 g/mol. The SMILES string of the molecule is O=C(c1cc(-c2ccccc2)n(-c2cccc(Cl)c2)n1)N1CCSC1. The first-order chi connectivity index (χ1) is 12.2. The summed E-state index contributed by atoms with van der Waals surface area (Å²) in [4.78, 5) is 14.6. The van der Waals surface area contributed by atoms with E-state index in [2.05, 4.69) is 5.10 Å². The summed E-state index contributed by atoms with van der Waals surface area (Å²) < 4.78 is 1.79.